The Balaban J connectivity index is 3.65. The maximum atomic E-state index is 10.8. The molecule has 0 amide bonds. The zero-order chi connectivity index (χ0) is 8.97. The van der Waals surface area contributed by atoms with Crippen LogP contribution in [0.15, 0.2) is 50.8 Å². The summed E-state index contributed by atoms with van der Waals surface area (Å²) in [6.07, 6.45) is 0. The van der Waals surface area contributed by atoms with Gasteiger partial charge in [0.2, 0.25) is 0 Å². The quantitative estimate of drug-likeness (QED) is 0.529. The van der Waals surface area contributed by atoms with Crippen molar-refractivity contribution in [3.8, 4) is 0 Å². The van der Waals surface area contributed by atoms with Crippen LogP contribution in [-0.4, -0.2) is 0 Å². The molecule has 0 aromatic heterocycles. The van der Waals surface area contributed by atoms with E-state index < -0.39 is 0 Å². The molecule has 0 aliphatic heterocycles. The van der Waals surface area contributed by atoms with Gasteiger partial charge >= 0.3 is 0 Å². The zero-order valence-corrected chi connectivity index (χ0v) is 6.19. The average molecular weight is 162 g/mol. The van der Waals surface area contributed by atoms with E-state index in [1.54, 1.807) is 0 Å². The lowest BCUT2D eigenvalue weighted by atomic mass is 10.4. The minimum atomic E-state index is -0.361. The molecule has 0 aliphatic rings. The second-order valence-electron chi connectivity index (χ2n) is 2.21. The standard InChI is InChI=1S/C9H6O3/c10-7-1-2-8(11)5-6-9(12)4-3-7/h1-6H. The highest BCUT2D eigenvalue weighted by molar-refractivity contribution is 5.01. The summed E-state index contributed by atoms with van der Waals surface area (Å²) in [5, 5.41) is 0. The summed E-state index contributed by atoms with van der Waals surface area (Å²) in [7, 11) is 0. The van der Waals surface area contributed by atoms with Crippen molar-refractivity contribution in [2.45, 2.75) is 0 Å². The molecule has 0 bridgehead atoms. The van der Waals surface area contributed by atoms with E-state index in [1.165, 1.54) is 0 Å². The molecule has 0 saturated carbocycles. The van der Waals surface area contributed by atoms with Crippen LogP contribution in [-0.2, 0) is 0 Å². The van der Waals surface area contributed by atoms with E-state index in [9.17, 15) is 14.4 Å². The summed E-state index contributed by atoms with van der Waals surface area (Å²) in [6, 6.07) is 6.76. The molecule has 12 heavy (non-hydrogen) atoms. The lowest BCUT2D eigenvalue weighted by Gasteiger charge is -1.61. The molecule has 0 fully saturated rings. The molecule has 60 valence electrons. The average Bonchev–Trinajstić information content (AvgIpc) is 2.11. The van der Waals surface area contributed by atoms with Crippen molar-refractivity contribution in [2.24, 2.45) is 0 Å². The molecule has 1 aromatic carbocycles. The maximum absolute atomic E-state index is 10.8. The second-order valence-corrected chi connectivity index (χ2v) is 2.21. The predicted octanol–water partition coefficient (Wildman–Crippen LogP) is -0.233. The minimum absolute atomic E-state index is 0.361. The minimum Gasteiger partial charge on any atom is -0.290 e. The van der Waals surface area contributed by atoms with Crippen molar-refractivity contribution < 1.29 is 0 Å². The predicted molar refractivity (Wildman–Crippen MR) is 45.3 cm³/mol. The first-order chi connectivity index (χ1) is 5.68. The van der Waals surface area contributed by atoms with E-state index >= 15 is 0 Å². The van der Waals surface area contributed by atoms with E-state index in [0.29, 0.717) is 0 Å². The van der Waals surface area contributed by atoms with Gasteiger partial charge in [0.15, 0.2) is 16.3 Å². The number of rotatable bonds is 0. The molecular formula is C9H6O3. The highest BCUT2D eigenvalue weighted by atomic mass is 16.1. The molecule has 0 radical (unpaired) electrons. The molecule has 0 N–H and O–H groups in total. The molecule has 0 aliphatic carbocycles. The monoisotopic (exact) mass is 162 g/mol. The van der Waals surface area contributed by atoms with Crippen molar-refractivity contribution in [2.75, 3.05) is 0 Å². The van der Waals surface area contributed by atoms with E-state index in [2.05, 4.69) is 0 Å². The smallest absolute Gasteiger partial charge is 0.178 e. The van der Waals surface area contributed by atoms with Crippen LogP contribution in [0, 0.1) is 0 Å². The maximum Gasteiger partial charge on any atom is 0.178 e. The van der Waals surface area contributed by atoms with Crippen LogP contribution in [0.3, 0.4) is 0 Å². The molecule has 1 rings (SSSR count). The second kappa shape index (κ2) is 3.57. The van der Waals surface area contributed by atoms with E-state index in [4.69, 9.17) is 0 Å². The van der Waals surface area contributed by atoms with Gasteiger partial charge in [0.1, 0.15) is 0 Å². The van der Waals surface area contributed by atoms with Crippen LogP contribution in [0.25, 0.3) is 0 Å². The first-order valence-corrected chi connectivity index (χ1v) is 3.34. The third-order valence-electron chi connectivity index (χ3n) is 1.24. The third kappa shape index (κ3) is 2.46. The van der Waals surface area contributed by atoms with E-state index in [0.717, 1.165) is 36.4 Å². The van der Waals surface area contributed by atoms with Crippen LogP contribution in [0.1, 0.15) is 0 Å². The summed E-state index contributed by atoms with van der Waals surface area (Å²) in [5.41, 5.74) is -1.08. The summed E-state index contributed by atoms with van der Waals surface area (Å²) in [6.45, 7) is 0. The first kappa shape index (κ1) is 8.33. The van der Waals surface area contributed by atoms with Crippen molar-refractivity contribution in [3.63, 3.8) is 0 Å². The van der Waals surface area contributed by atoms with Crippen molar-refractivity contribution >= 4 is 0 Å². The van der Waals surface area contributed by atoms with Gasteiger partial charge in [-0.3, -0.25) is 14.4 Å². The van der Waals surface area contributed by atoms with Crippen LogP contribution >= 0.6 is 0 Å². The van der Waals surface area contributed by atoms with Crippen LogP contribution < -0.4 is 16.3 Å². The largest absolute Gasteiger partial charge is 0.290 e. The third-order valence-corrected chi connectivity index (χ3v) is 1.24. The SMILES string of the molecule is O=c1ccc(=O)ccc(=O)cc1. The molecule has 0 saturated heterocycles. The van der Waals surface area contributed by atoms with Gasteiger partial charge in [-0.05, 0) is 36.4 Å². The van der Waals surface area contributed by atoms with E-state index in [-0.39, 0.29) is 16.3 Å². The Morgan fingerprint density at radius 2 is 0.667 bits per heavy atom. The molecular weight excluding hydrogens is 156 g/mol. The zero-order valence-electron chi connectivity index (χ0n) is 6.19. The Hall–Kier alpha value is -1.77. The Labute approximate surface area is 67.9 Å². The van der Waals surface area contributed by atoms with Crippen molar-refractivity contribution in [1.82, 2.24) is 0 Å². The molecule has 0 atom stereocenters. The first-order valence-electron chi connectivity index (χ1n) is 3.34. The van der Waals surface area contributed by atoms with Gasteiger partial charge in [0.25, 0.3) is 0 Å². The lowest BCUT2D eigenvalue weighted by molar-refractivity contribution is 1.60. The van der Waals surface area contributed by atoms with Gasteiger partial charge in [-0.25, -0.2) is 0 Å². The highest BCUT2D eigenvalue weighted by Crippen LogP contribution is 1.62. The Bertz CT molecular complexity index is 347. The normalized spacial score (nSPS) is 9.00. The van der Waals surface area contributed by atoms with Gasteiger partial charge in [-0.2, -0.15) is 0 Å². The number of hydrogen-bond donors (Lipinski definition) is 0. The fourth-order valence-corrected chi connectivity index (χ4v) is 0.659. The van der Waals surface area contributed by atoms with Crippen LogP contribution in [0.2, 0.25) is 0 Å². The Morgan fingerprint density at radius 3 is 0.833 bits per heavy atom. The van der Waals surface area contributed by atoms with Gasteiger partial charge < -0.3 is 0 Å². The fourth-order valence-electron chi connectivity index (χ4n) is 0.659. The fraction of sp³-hybridized carbons (Fsp3) is 0. The van der Waals surface area contributed by atoms with Gasteiger partial charge in [0, 0.05) is 0 Å². The highest BCUT2D eigenvalue weighted by Gasteiger charge is 1.79. The lowest BCUT2D eigenvalue weighted by Crippen LogP contribution is -1.94. The molecule has 3 heteroatoms. The topological polar surface area (TPSA) is 51.2 Å². The summed E-state index contributed by atoms with van der Waals surface area (Å²) in [5.74, 6) is 0. The van der Waals surface area contributed by atoms with Gasteiger partial charge in [-0.1, -0.05) is 0 Å². The Morgan fingerprint density at radius 1 is 0.500 bits per heavy atom. The molecule has 1 aromatic rings. The van der Waals surface area contributed by atoms with Crippen LogP contribution in [0.5, 0.6) is 0 Å². The van der Waals surface area contributed by atoms with Crippen molar-refractivity contribution in [3.05, 3.63) is 67.1 Å². The number of hydrogen-bond acceptors (Lipinski definition) is 3. The van der Waals surface area contributed by atoms with E-state index in [1.807, 2.05) is 0 Å². The molecule has 3 nitrogen and oxygen atoms in total. The Kier molecular flexibility index (Phi) is 2.48. The van der Waals surface area contributed by atoms with Crippen molar-refractivity contribution in [1.29, 1.82) is 0 Å². The van der Waals surface area contributed by atoms with Gasteiger partial charge in [-0.15, -0.1) is 0 Å². The molecule has 0 heterocycles. The van der Waals surface area contributed by atoms with Gasteiger partial charge in [0.05, 0.1) is 0 Å². The molecule has 0 unspecified atom stereocenters. The summed E-state index contributed by atoms with van der Waals surface area (Å²) in [4.78, 5) is 32.3. The summed E-state index contributed by atoms with van der Waals surface area (Å²) >= 11 is 0. The molecule has 0 spiro atoms. The summed E-state index contributed by atoms with van der Waals surface area (Å²) < 4.78 is 0. The van der Waals surface area contributed by atoms with Crippen LogP contribution in [0.4, 0.5) is 0 Å².